The maximum atomic E-state index is 6.06. The van der Waals surface area contributed by atoms with E-state index in [1.165, 1.54) is 5.56 Å². The number of rotatable bonds is 8. The van der Waals surface area contributed by atoms with Gasteiger partial charge in [0.25, 0.3) is 0 Å². The zero-order chi connectivity index (χ0) is 14.2. The normalized spacial score (nSPS) is 20.0. The second kappa shape index (κ2) is 8.25. The van der Waals surface area contributed by atoms with Crippen molar-refractivity contribution in [3.05, 3.63) is 29.8 Å². The molecule has 1 saturated heterocycles. The smallest absolute Gasteiger partial charge is 0.118 e. The fraction of sp³-hybridized carbons (Fsp3) is 0.625. The first kappa shape index (κ1) is 15.3. The Kier molecular flexibility index (Phi) is 6.30. The molecule has 1 aliphatic rings. The summed E-state index contributed by atoms with van der Waals surface area (Å²) in [5.41, 5.74) is 1.17. The molecule has 1 aromatic rings. The minimum atomic E-state index is 0.0602. The lowest BCUT2D eigenvalue weighted by molar-refractivity contribution is -0.0208. The van der Waals surface area contributed by atoms with Gasteiger partial charge in [-0.15, -0.1) is 0 Å². The summed E-state index contributed by atoms with van der Waals surface area (Å²) in [5.74, 6) is 0.870. The zero-order valence-electron chi connectivity index (χ0n) is 12.4. The topological polar surface area (TPSA) is 39.7 Å². The average Bonchev–Trinajstić information content (AvgIpc) is 3.01. The van der Waals surface area contributed by atoms with Gasteiger partial charge in [0.1, 0.15) is 5.75 Å². The van der Waals surface area contributed by atoms with Crippen LogP contribution in [0.15, 0.2) is 24.3 Å². The molecule has 1 aliphatic heterocycles. The first-order chi connectivity index (χ1) is 9.83. The average molecular weight is 279 g/mol. The Hall–Kier alpha value is -1.10. The van der Waals surface area contributed by atoms with Crippen molar-refractivity contribution in [2.75, 3.05) is 33.4 Å². The van der Waals surface area contributed by atoms with Gasteiger partial charge in [-0.3, -0.25) is 0 Å². The van der Waals surface area contributed by atoms with E-state index in [1.54, 1.807) is 7.11 Å². The molecule has 2 atom stereocenters. The van der Waals surface area contributed by atoms with Crippen LogP contribution >= 0.6 is 0 Å². The van der Waals surface area contributed by atoms with Gasteiger partial charge in [0.2, 0.25) is 0 Å². The van der Waals surface area contributed by atoms with E-state index in [0.717, 1.165) is 38.3 Å². The van der Waals surface area contributed by atoms with Crippen molar-refractivity contribution < 1.29 is 14.2 Å². The molecule has 0 amide bonds. The van der Waals surface area contributed by atoms with Crippen molar-refractivity contribution in [3.8, 4) is 5.75 Å². The molecule has 2 unspecified atom stereocenters. The van der Waals surface area contributed by atoms with Gasteiger partial charge in [0.15, 0.2) is 0 Å². The fourth-order valence-corrected chi connectivity index (χ4v) is 2.37. The first-order valence-electron chi connectivity index (χ1n) is 7.41. The van der Waals surface area contributed by atoms with Gasteiger partial charge in [-0.25, -0.2) is 0 Å². The van der Waals surface area contributed by atoms with Gasteiger partial charge in [0, 0.05) is 13.2 Å². The van der Waals surface area contributed by atoms with Gasteiger partial charge < -0.3 is 19.5 Å². The molecule has 4 heteroatoms. The van der Waals surface area contributed by atoms with Crippen LogP contribution in [0.5, 0.6) is 5.75 Å². The van der Waals surface area contributed by atoms with Gasteiger partial charge >= 0.3 is 0 Å². The molecule has 2 rings (SSSR count). The Morgan fingerprint density at radius 1 is 1.35 bits per heavy atom. The van der Waals surface area contributed by atoms with Crippen LogP contribution < -0.4 is 10.1 Å². The van der Waals surface area contributed by atoms with Crippen molar-refractivity contribution in [3.63, 3.8) is 0 Å². The van der Waals surface area contributed by atoms with Crippen LogP contribution in [-0.2, 0) is 9.47 Å². The minimum absolute atomic E-state index is 0.0602. The molecule has 0 radical (unpaired) electrons. The van der Waals surface area contributed by atoms with Crippen molar-refractivity contribution >= 4 is 0 Å². The number of ether oxygens (including phenoxy) is 3. The molecular formula is C16H25NO3. The van der Waals surface area contributed by atoms with E-state index in [2.05, 4.69) is 24.4 Å². The van der Waals surface area contributed by atoms with Crippen LogP contribution in [0.3, 0.4) is 0 Å². The molecule has 1 heterocycles. The monoisotopic (exact) mass is 279 g/mol. The molecular weight excluding hydrogens is 254 g/mol. The van der Waals surface area contributed by atoms with E-state index in [9.17, 15) is 0 Å². The third-order valence-electron chi connectivity index (χ3n) is 3.57. The highest BCUT2D eigenvalue weighted by Crippen LogP contribution is 2.22. The van der Waals surface area contributed by atoms with Gasteiger partial charge in [-0.1, -0.05) is 19.1 Å². The third-order valence-corrected chi connectivity index (χ3v) is 3.57. The van der Waals surface area contributed by atoms with E-state index in [0.29, 0.717) is 6.61 Å². The first-order valence-corrected chi connectivity index (χ1v) is 7.41. The summed E-state index contributed by atoms with van der Waals surface area (Å²) < 4.78 is 16.9. The van der Waals surface area contributed by atoms with Gasteiger partial charge in [-0.2, -0.15) is 0 Å². The summed E-state index contributed by atoms with van der Waals surface area (Å²) >= 11 is 0. The second-order valence-electron chi connectivity index (χ2n) is 5.04. The highest BCUT2D eigenvalue weighted by molar-refractivity contribution is 5.28. The van der Waals surface area contributed by atoms with Crippen LogP contribution in [0.25, 0.3) is 0 Å². The van der Waals surface area contributed by atoms with E-state index < -0.39 is 0 Å². The summed E-state index contributed by atoms with van der Waals surface area (Å²) in [7, 11) is 1.68. The molecule has 1 N–H and O–H groups in total. The summed E-state index contributed by atoms with van der Waals surface area (Å²) in [4.78, 5) is 0. The number of likely N-dealkylation sites (N-methyl/N-ethyl adjacent to an activating group) is 1. The predicted molar refractivity (Wildman–Crippen MR) is 79.2 cm³/mol. The van der Waals surface area contributed by atoms with Crippen LogP contribution in [-0.4, -0.2) is 39.5 Å². The van der Waals surface area contributed by atoms with Gasteiger partial charge in [0.05, 0.1) is 25.9 Å². The molecule has 4 nitrogen and oxygen atoms in total. The lowest BCUT2D eigenvalue weighted by Gasteiger charge is -2.21. The van der Waals surface area contributed by atoms with Crippen LogP contribution in [0.2, 0.25) is 0 Å². The highest BCUT2D eigenvalue weighted by atomic mass is 16.5. The van der Waals surface area contributed by atoms with E-state index in [4.69, 9.17) is 14.2 Å². The summed E-state index contributed by atoms with van der Waals surface area (Å²) in [6.07, 6.45) is 2.58. The molecule has 0 bridgehead atoms. The Labute approximate surface area is 121 Å². The Bertz CT molecular complexity index is 374. The quantitative estimate of drug-likeness (QED) is 0.794. The third kappa shape index (κ3) is 4.47. The molecule has 0 spiro atoms. The summed E-state index contributed by atoms with van der Waals surface area (Å²) in [5, 5.41) is 3.35. The van der Waals surface area contributed by atoms with E-state index in [-0.39, 0.29) is 12.2 Å². The number of hydrogen-bond acceptors (Lipinski definition) is 4. The summed E-state index contributed by atoms with van der Waals surface area (Å²) in [6.45, 7) is 5.40. The molecule has 0 aromatic heterocycles. The molecule has 112 valence electrons. The van der Waals surface area contributed by atoms with Crippen molar-refractivity contribution in [2.45, 2.75) is 32.0 Å². The lowest BCUT2D eigenvalue weighted by atomic mass is 10.1. The Morgan fingerprint density at radius 3 is 2.75 bits per heavy atom. The fourth-order valence-electron chi connectivity index (χ4n) is 2.37. The molecule has 1 fully saturated rings. The SMILES string of the molecule is CCNCC(OCC1CCCO1)c1ccc(OC)cc1. The van der Waals surface area contributed by atoms with Crippen molar-refractivity contribution in [2.24, 2.45) is 0 Å². The number of methoxy groups -OCH3 is 1. The second-order valence-corrected chi connectivity index (χ2v) is 5.04. The molecule has 0 aliphatic carbocycles. The molecule has 1 aromatic carbocycles. The van der Waals surface area contributed by atoms with Crippen LogP contribution in [0.4, 0.5) is 0 Å². The zero-order valence-corrected chi connectivity index (χ0v) is 12.4. The van der Waals surface area contributed by atoms with E-state index in [1.807, 2.05) is 12.1 Å². The number of hydrogen-bond donors (Lipinski definition) is 1. The number of benzene rings is 1. The minimum Gasteiger partial charge on any atom is -0.497 e. The van der Waals surface area contributed by atoms with Crippen molar-refractivity contribution in [1.82, 2.24) is 5.32 Å². The predicted octanol–water partition coefficient (Wildman–Crippen LogP) is 2.54. The maximum Gasteiger partial charge on any atom is 0.118 e. The maximum absolute atomic E-state index is 6.06. The van der Waals surface area contributed by atoms with Gasteiger partial charge in [-0.05, 0) is 37.1 Å². The standard InChI is InChI=1S/C16H25NO3/c1-3-17-11-16(20-12-15-5-4-10-19-15)13-6-8-14(18-2)9-7-13/h6-9,15-17H,3-5,10-12H2,1-2H3. The Balaban J connectivity index is 1.93. The lowest BCUT2D eigenvalue weighted by Crippen LogP contribution is -2.26. The number of nitrogens with one attached hydrogen (secondary N) is 1. The Morgan fingerprint density at radius 2 is 2.15 bits per heavy atom. The highest BCUT2D eigenvalue weighted by Gasteiger charge is 2.19. The summed E-state index contributed by atoms with van der Waals surface area (Å²) in [6, 6.07) is 8.08. The molecule has 20 heavy (non-hydrogen) atoms. The van der Waals surface area contributed by atoms with Crippen molar-refractivity contribution in [1.29, 1.82) is 0 Å². The molecule has 0 saturated carbocycles. The van der Waals surface area contributed by atoms with Crippen LogP contribution in [0.1, 0.15) is 31.4 Å². The van der Waals surface area contributed by atoms with E-state index >= 15 is 0 Å². The van der Waals surface area contributed by atoms with Crippen LogP contribution in [0, 0.1) is 0 Å². The largest absolute Gasteiger partial charge is 0.497 e.